The van der Waals surface area contributed by atoms with Gasteiger partial charge < -0.3 is 14.7 Å². The maximum Gasteiger partial charge on any atom is 0.244 e. The van der Waals surface area contributed by atoms with Gasteiger partial charge in [0.05, 0.1) is 18.8 Å². The number of hydrogen-bond acceptors (Lipinski definition) is 4. The standard InChI is InChI=1S/C16H24N2O3/c1-3-17(11-14(19)12-21-2)15-9-10-18(16(15)20)13-7-5-4-6-8-13/h4-8,14-15,19H,3,9-12H2,1-2H3/t14-,15+/m0/s1. The molecule has 0 saturated carbocycles. The molecule has 1 heterocycles. The molecule has 2 atom stereocenters. The minimum Gasteiger partial charge on any atom is -0.389 e. The number of para-hydroxylation sites is 1. The molecule has 21 heavy (non-hydrogen) atoms. The number of hydrogen-bond donors (Lipinski definition) is 1. The molecule has 1 amide bonds. The van der Waals surface area contributed by atoms with Crippen molar-refractivity contribution in [1.29, 1.82) is 0 Å². The molecule has 1 aromatic carbocycles. The second kappa shape index (κ2) is 7.54. The first kappa shape index (κ1) is 15.9. The lowest BCUT2D eigenvalue weighted by Gasteiger charge is -2.28. The quantitative estimate of drug-likeness (QED) is 0.818. The van der Waals surface area contributed by atoms with Crippen molar-refractivity contribution in [2.45, 2.75) is 25.5 Å². The molecule has 2 rings (SSSR count). The summed E-state index contributed by atoms with van der Waals surface area (Å²) in [6, 6.07) is 9.58. The third-order valence-electron chi connectivity index (χ3n) is 3.90. The monoisotopic (exact) mass is 292 g/mol. The van der Waals surface area contributed by atoms with E-state index < -0.39 is 6.10 Å². The maximum absolute atomic E-state index is 12.6. The number of benzene rings is 1. The summed E-state index contributed by atoms with van der Waals surface area (Å²) in [6.07, 6.45) is 0.231. The summed E-state index contributed by atoms with van der Waals surface area (Å²) in [5.74, 6) is 0.118. The predicted octanol–water partition coefficient (Wildman–Crippen LogP) is 1.12. The Balaban J connectivity index is 2.02. The van der Waals surface area contributed by atoms with Crippen LogP contribution in [0.5, 0.6) is 0 Å². The number of aliphatic hydroxyl groups excluding tert-OH is 1. The van der Waals surface area contributed by atoms with Crippen LogP contribution in [0.4, 0.5) is 5.69 Å². The molecule has 1 saturated heterocycles. The molecule has 0 spiro atoms. The molecular weight excluding hydrogens is 268 g/mol. The average Bonchev–Trinajstić information content (AvgIpc) is 2.88. The van der Waals surface area contributed by atoms with Gasteiger partial charge in [-0.3, -0.25) is 9.69 Å². The molecule has 5 heteroatoms. The van der Waals surface area contributed by atoms with Gasteiger partial charge in [0.2, 0.25) is 5.91 Å². The van der Waals surface area contributed by atoms with Crippen molar-refractivity contribution >= 4 is 11.6 Å². The number of rotatable bonds is 7. The van der Waals surface area contributed by atoms with Crippen molar-refractivity contribution in [1.82, 2.24) is 4.90 Å². The van der Waals surface area contributed by atoms with Crippen molar-refractivity contribution in [2.24, 2.45) is 0 Å². The maximum atomic E-state index is 12.6. The highest BCUT2D eigenvalue weighted by atomic mass is 16.5. The van der Waals surface area contributed by atoms with E-state index >= 15 is 0 Å². The first-order valence-corrected chi connectivity index (χ1v) is 7.44. The number of aliphatic hydroxyl groups is 1. The van der Waals surface area contributed by atoms with E-state index in [-0.39, 0.29) is 11.9 Å². The summed E-state index contributed by atoms with van der Waals surface area (Å²) in [5, 5.41) is 9.89. The average molecular weight is 292 g/mol. The molecule has 1 N–H and O–H groups in total. The van der Waals surface area contributed by atoms with Gasteiger partial charge in [-0.2, -0.15) is 0 Å². The normalized spacial score (nSPS) is 20.3. The van der Waals surface area contributed by atoms with Crippen LogP contribution < -0.4 is 4.90 Å². The van der Waals surface area contributed by atoms with Gasteiger partial charge in [-0.25, -0.2) is 0 Å². The number of methoxy groups -OCH3 is 1. The van der Waals surface area contributed by atoms with Crippen molar-refractivity contribution in [3.05, 3.63) is 30.3 Å². The first-order valence-electron chi connectivity index (χ1n) is 7.44. The van der Waals surface area contributed by atoms with Gasteiger partial charge in [0.1, 0.15) is 0 Å². The largest absolute Gasteiger partial charge is 0.389 e. The lowest BCUT2D eigenvalue weighted by atomic mass is 10.2. The van der Waals surface area contributed by atoms with Crippen LogP contribution >= 0.6 is 0 Å². The second-order valence-electron chi connectivity index (χ2n) is 5.33. The van der Waals surface area contributed by atoms with Crippen LogP contribution in [0.3, 0.4) is 0 Å². The van der Waals surface area contributed by atoms with E-state index in [0.717, 1.165) is 25.2 Å². The zero-order valence-electron chi connectivity index (χ0n) is 12.7. The van der Waals surface area contributed by atoms with Crippen LogP contribution in [-0.2, 0) is 9.53 Å². The number of likely N-dealkylation sites (N-methyl/N-ethyl adjacent to an activating group) is 1. The van der Waals surface area contributed by atoms with E-state index in [2.05, 4.69) is 0 Å². The van der Waals surface area contributed by atoms with E-state index in [4.69, 9.17) is 4.74 Å². The van der Waals surface area contributed by atoms with E-state index in [0.29, 0.717) is 13.2 Å². The molecule has 1 aromatic rings. The fourth-order valence-corrected chi connectivity index (χ4v) is 2.86. The SMILES string of the molecule is CCN(C[C@H](O)COC)[C@@H]1CCN(c2ccccc2)C1=O. The van der Waals surface area contributed by atoms with Crippen LogP contribution in [0.25, 0.3) is 0 Å². The molecule has 1 aliphatic heterocycles. The number of anilines is 1. The molecule has 0 unspecified atom stereocenters. The Morgan fingerprint density at radius 2 is 2.14 bits per heavy atom. The lowest BCUT2D eigenvalue weighted by Crippen LogP contribution is -2.46. The van der Waals surface area contributed by atoms with Crippen LogP contribution in [0, 0.1) is 0 Å². The van der Waals surface area contributed by atoms with Gasteiger partial charge in [0.15, 0.2) is 0 Å². The lowest BCUT2D eigenvalue weighted by molar-refractivity contribution is -0.122. The van der Waals surface area contributed by atoms with Crippen LogP contribution in [0.15, 0.2) is 30.3 Å². The number of nitrogens with zero attached hydrogens (tertiary/aromatic N) is 2. The van der Waals surface area contributed by atoms with Gasteiger partial charge >= 0.3 is 0 Å². The summed E-state index contributed by atoms with van der Waals surface area (Å²) in [6.45, 7) is 4.23. The molecule has 1 aliphatic rings. The third-order valence-corrected chi connectivity index (χ3v) is 3.90. The number of ether oxygens (including phenoxy) is 1. The van der Waals surface area contributed by atoms with Gasteiger partial charge in [0, 0.05) is 25.9 Å². The van der Waals surface area contributed by atoms with Gasteiger partial charge in [-0.05, 0) is 25.1 Å². The molecule has 5 nitrogen and oxygen atoms in total. The zero-order valence-corrected chi connectivity index (χ0v) is 12.7. The summed E-state index contributed by atoms with van der Waals surface area (Å²) < 4.78 is 4.96. The minimum absolute atomic E-state index is 0.118. The van der Waals surface area contributed by atoms with E-state index in [1.54, 1.807) is 7.11 Å². The Labute approximate surface area is 126 Å². The summed E-state index contributed by atoms with van der Waals surface area (Å²) in [7, 11) is 1.57. The molecule has 0 aromatic heterocycles. The van der Waals surface area contributed by atoms with E-state index in [9.17, 15) is 9.90 Å². The molecule has 0 bridgehead atoms. The van der Waals surface area contributed by atoms with Crippen LogP contribution in [-0.4, -0.2) is 61.4 Å². The highest BCUT2D eigenvalue weighted by Crippen LogP contribution is 2.24. The predicted molar refractivity (Wildman–Crippen MR) is 82.3 cm³/mol. The minimum atomic E-state index is -0.562. The highest BCUT2D eigenvalue weighted by molar-refractivity contribution is 5.99. The van der Waals surface area contributed by atoms with Crippen molar-refractivity contribution in [3.8, 4) is 0 Å². The fourth-order valence-electron chi connectivity index (χ4n) is 2.86. The molecule has 116 valence electrons. The van der Waals surface area contributed by atoms with Crippen molar-refractivity contribution in [3.63, 3.8) is 0 Å². The van der Waals surface area contributed by atoms with Crippen molar-refractivity contribution in [2.75, 3.05) is 38.3 Å². The number of amides is 1. The Morgan fingerprint density at radius 1 is 1.43 bits per heavy atom. The second-order valence-corrected chi connectivity index (χ2v) is 5.33. The van der Waals surface area contributed by atoms with Crippen LogP contribution in [0.2, 0.25) is 0 Å². The summed E-state index contributed by atoms with van der Waals surface area (Å²) in [4.78, 5) is 16.5. The Bertz CT molecular complexity index is 452. The number of carbonyl (C=O) groups excluding carboxylic acids is 1. The summed E-state index contributed by atoms with van der Waals surface area (Å²) >= 11 is 0. The summed E-state index contributed by atoms with van der Waals surface area (Å²) in [5.41, 5.74) is 0.943. The highest BCUT2D eigenvalue weighted by Gasteiger charge is 2.36. The van der Waals surface area contributed by atoms with Gasteiger partial charge in [-0.15, -0.1) is 0 Å². The Kier molecular flexibility index (Phi) is 5.73. The first-order chi connectivity index (χ1) is 10.2. The van der Waals surface area contributed by atoms with Gasteiger partial charge in [0.25, 0.3) is 0 Å². The molecular formula is C16H24N2O3. The number of carbonyl (C=O) groups is 1. The Hall–Kier alpha value is -1.43. The van der Waals surface area contributed by atoms with E-state index in [1.807, 2.05) is 47.1 Å². The van der Waals surface area contributed by atoms with Gasteiger partial charge in [-0.1, -0.05) is 25.1 Å². The smallest absolute Gasteiger partial charge is 0.244 e. The topological polar surface area (TPSA) is 53.0 Å². The Morgan fingerprint density at radius 3 is 2.76 bits per heavy atom. The molecule has 1 fully saturated rings. The third kappa shape index (κ3) is 3.81. The fraction of sp³-hybridized carbons (Fsp3) is 0.562. The van der Waals surface area contributed by atoms with Crippen LogP contribution in [0.1, 0.15) is 13.3 Å². The molecule has 0 aliphatic carbocycles. The molecule has 0 radical (unpaired) electrons. The zero-order chi connectivity index (χ0) is 15.2. The van der Waals surface area contributed by atoms with Crippen molar-refractivity contribution < 1.29 is 14.6 Å². The van der Waals surface area contributed by atoms with E-state index in [1.165, 1.54) is 0 Å².